The van der Waals surface area contributed by atoms with Gasteiger partial charge in [0.2, 0.25) is 0 Å². The van der Waals surface area contributed by atoms with Crippen molar-refractivity contribution >= 4 is 18.9 Å². The number of aromatic nitrogens is 4. The number of hydrogen-bond acceptors (Lipinski definition) is 9. The van der Waals surface area contributed by atoms with E-state index < -0.39 is 50.5 Å². The van der Waals surface area contributed by atoms with Crippen molar-refractivity contribution in [1.82, 2.24) is 19.5 Å². The molecule has 1 aromatic rings. The Morgan fingerprint density at radius 2 is 1.79 bits per heavy atom. The van der Waals surface area contributed by atoms with E-state index in [1.165, 1.54) is 4.57 Å². The minimum atomic E-state index is -4.88. The maximum Gasteiger partial charge on any atom is 0.469 e. The number of hydrogen-bond donors (Lipinski definition) is 6. The molecule has 0 aliphatic carbocycles. The van der Waals surface area contributed by atoms with Gasteiger partial charge in [-0.25, -0.2) is 14.3 Å². The summed E-state index contributed by atoms with van der Waals surface area (Å²) in [6.07, 6.45) is -5.38. The lowest BCUT2D eigenvalue weighted by Crippen LogP contribution is -2.42. The van der Waals surface area contributed by atoms with Crippen molar-refractivity contribution in [3.63, 3.8) is 0 Å². The van der Waals surface area contributed by atoms with Crippen LogP contribution in [0.2, 0.25) is 0 Å². The molecule has 13 nitrogen and oxygen atoms in total. The zero-order chi connectivity index (χ0) is 21.3. The predicted octanol–water partition coefficient (Wildman–Crippen LogP) is -2.22. The topological polar surface area (TPSA) is 208 Å². The number of nitrogens with zero attached hydrogens (tertiary/aromatic N) is 3. The lowest BCUT2D eigenvalue weighted by molar-refractivity contribution is -0.0793. The van der Waals surface area contributed by atoms with Gasteiger partial charge in [-0.15, -0.1) is 0 Å². The summed E-state index contributed by atoms with van der Waals surface area (Å²) in [7, 11) is -4.88. The molecule has 3 atom stereocenters. The van der Waals surface area contributed by atoms with Crippen molar-refractivity contribution in [3.05, 3.63) is 45.1 Å². The Hall–Kier alpha value is -2.51. The average molecular weight is 428 g/mol. The molecule has 0 spiro atoms. The van der Waals surface area contributed by atoms with Gasteiger partial charge in [0, 0.05) is 0 Å². The number of nitrogens with one attached hydrogen (secondary N) is 1. The van der Waals surface area contributed by atoms with Crippen LogP contribution in [0.25, 0.3) is 22.6 Å². The first-order chi connectivity index (χ1) is 13.6. The van der Waals surface area contributed by atoms with Crippen molar-refractivity contribution < 1.29 is 34.2 Å². The van der Waals surface area contributed by atoms with E-state index in [9.17, 15) is 29.5 Å². The molecule has 1 aromatic carbocycles. The Morgan fingerprint density at radius 1 is 1.10 bits per heavy atom. The van der Waals surface area contributed by atoms with Crippen molar-refractivity contribution in [2.24, 2.45) is 0 Å². The first kappa shape index (κ1) is 21.2. The van der Waals surface area contributed by atoms with Crippen LogP contribution in [-0.2, 0) is 15.6 Å². The number of aromatic amines is 1. The number of aliphatic hydroxyl groups excluding tert-OH is 3. The minimum Gasteiger partial charge on any atom is -0.388 e. The smallest absolute Gasteiger partial charge is 0.388 e. The first-order valence-corrected chi connectivity index (χ1v) is 9.74. The number of phosphoric acid groups is 1. The van der Waals surface area contributed by atoms with E-state index in [4.69, 9.17) is 9.79 Å². The van der Waals surface area contributed by atoms with Gasteiger partial charge in [-0.05, 0) is 12.1 Å². The summed E-state index contributed by atoms with van der Waals surface area (Å²) in [5.41, 5.74) is -1.17. The minimum absolute atomic E-state index is 0.148. The van der Waals surface area contributed by atoms with Crippen LogP contribution >= 0.6 is 7.82 Å². The molecule has 2 aliphatic rings. The van der Waals surface area contributed by atoms with E-state index in [2.05, 4.69) is 14.5 Å². The summed E-state index contributed by atoms with van der Waals surface area (Å²) < 4.78 is 16.1. The van der Waals surface area contributed by atoms with Crippen LogP contribution in [0, 0.1) is 0 Å². The zero-order valence-electron chi connectivity index (χ0n) is 14.6. The van der Waals surface area contributed by atoms with Crippen LogP contribution in [0.15, 0.2) is 33.9 Å². The van der Waals surface area contributed by atoms with E-state index in [1.807, 2.05) is 4.98 Å². The SMILES string of the molecule is O=c1nc2n(CC(O)C(O)C(O)COP(=O)(O)O)c3ccccc3nc-2c(=O)[nH]1. The van der Waals surface area contributed by atoms with Gasteiger partial charge in [-0.3, -0.25) is 14.3 Å². The second-order valence-electron chi connectivity index (χ2n) is 6.17. The summed E-state index contributed by atoms with van der Waals surface area (Å²) in [5.74, 6) is -0.148. The van der Waals surface area contributed by atoms with Crippen molar-refractivity contribution in [2.45, 2.75) is 24.9 Å². The summed E-state index contributed by atoms with van der Waals surface area (Å²) >= 11 is 0. The zero-order valence-corrected chi connectivity index (χ0v) is 15.5. The Morgan fingerprint density at radius 3 is 2.48 bits per heavy atom. The fourth-order valence-corrected chi connectivity index (χ4v) is 3.10. The highest BCUT2D eigenvalue weighted by Gasteiger charge is 2.29. The molecular weight excluding hydrogens is 411 g/mol. The van der Waals surface area contributed by atoms with Gasteiger partial charge in [-0.1, -0.05) is 12.1 Å². The second kappa shape index (κ2) is 8.08. The summed E-state index contributed by atoms with van der Waals surface area (Å²) in [6.45, 7) is -1.36. The van der Waals surface area contributed by atoms with E-state index >= 15 is 0 Å². The van der Waals surface area contributed by atoms with E-state index in [0.29, 0.717) is 11.0 Å². The molecule has 2 heterocycles. The van der Waals surface area contributed by atoms with E-state index in [-0.39, 0.29) is 11.5 Å². The van der Waals surface area contributed by atoms with Gasteiger partial charge in [0.05, 0.1) is 24.2 Å². The summed E-state index contributed by atoms with van der Waals surface area (Å²) in [5, 5.41) is 30.2. The van der Waals surface area contributed by atoms with Crippen LogP contribution in [0.5, 0.6) is 0 Å². The fraction of sp³-hybridized carbons (Fsp3) is 0.333. The molecule has 0 amide bonds. The molecule has 0 saturated carbocycles. The van der Waals surface area contributed by atoms with E-state index in [1.54, 1.807) is 24.3 Å². The average Bonchev–Trinajstić information content (AvgIpc) is 2.65. The van der Waals surface area contributed by atoms with Gasteiger partial charge in [0.25, 0.3) is 5.56 Å². The van der Waals surface area contributed by atoms with Crippen LogP contribution in [0.1, 0.15) is 0 Å². The predicted molar refractivity (Wildman–Crippen MR) is 97.1 cm³/mol. The molecule has 0 fully saturated rings. The highest BCUT2D eigenvalue weighted by atomic mass is 31.2. The number of benzene rings is 1. The molecule has 6 N–H and O–H groups in total. The molecule has 3 unspecified atom stereocenters. The lowest BCUT2D eigenvalue weighted by atomic mass is 10.1. The quantitative estimate of drug-likeness (QED) is 0.175. The molecule has 29 heavy (non-hydrogen) atoms. The standard InChI is InChI=1S/C15H17N4O9P/c20-9(12(22)10(21)6-28-29(25,26)27)5-19-8-4-2-1-3-7(8)16-11-13(19)17-15(24)18-14(11)23/h1-4,9-10,12,20-22H,5-6H2,(H,18,23,24)(H2,25,26,27). The second-order valence-corrected chi connectivity index (χ2v) is 7.41. The van der Waals surface area contributed by atoms with Gasteiger partial charge in [-0.2, -0.15) is 4.98 Å². The number of aliphatic hydroxyl groups is 3. The first-order valence-electron chi connectivity index (χ1n) is 8.21. The molecule has 0 radical (unpaired) electrons. The summed E-state index contributed by atoms with van der Waals surface area (Å²) in [4.78, 5) is 50.9. The number of para-hydroxylation sites is 2. The van der Waals surface area contributed by atoms with E-state index in [0.717, 1.165) is 0 Å². The van der Waals surface area contributed by atoms with Crippen LogP contribution < -0.4 is 11.2 Å². The molecular formula is C15H17N4O9P. The number of H-pyrrole nitrogens is 1. The maximum atomic E-state index is 12.1. The third-order valence-corrected chi connectivity index (χ3v) is 4.57. The molecule has 0 bridgehead atoms. The normalized spacial score (nSPS) is 15.5. The molecule has 0 saturated heterocycles. The van der Waals surface area contributed by atoms with Crippen molar-refractivity contribution in [2.75, 3.05) is 6.61 Å². The van der Waals surface area contributed by atoms with Gasteiger partial charge in [0.15, 0.2) is 11.5 Å². The third kappa shape index (κ3) is 4.74. The Kier molecular flexibility index (Phi) is 5.91. The molecule has 14 heteroatoms. The lowest BCUT2D eigenvalue weighted by Gasteiger charge is -2.25. The highest BCUT2D eigenvalue weighted by molar-refractivity contribution is 7.46. The van der Waals surface area contributed by atoms with Crippen LogP contribution in [0.4, 0.5) is 0 Å². The van der Waals surface area contributed by atoms with Gasteiger partial charge < -0.3 is 29.7 Å². The molecule has 3 rings (SSSR count). The van der Waals surface area contributed by atoms with Gasteiger partial charge in [0.1, 0.15) is 18.3 Å². The Balaban J connectivity index is 1.98. The Bertz CT molecular complexity index is 1160. The van der Waals surface area contributed by atoms with Gasteiger partial charge >= 0.3 is 13.5 Å². The number of rotatable bonds is 7. The molecule has 156 valence electrons. The largest absolute Gasteiger partial charge is 0.469 e. The monoisotopic (exact) mass is 428 g/mol. The maximum absolute atomic E-state index is 12.1. The molecule has 0 aromatic heterocycles. The van der Waals surface area contributed by atoms with Crippen LogP contribution in [-0.4, -0.2) is 69.5 Å². The van der Waals surface area contributed by atoms with Crippen molar-refractivity contribution in [3.8, 4) is 11.5 Å². The highest BCUT2D eigenvalue weighted by Crippen LogP contribution is 2.35. The van der Waals surface area contributed by atoms with Crippen LogP contribution in [0.3, 0.4) is 0 Å². The Labute approximate surface area is 161 Å². The third-order valence-electron chi connectivity index (χ3n) is 4.09. The number of fused-ring (bicyclic) bond motifs is 2. The summed E-state index contributed by atoms with van der Waals surface area (Å²) in [6, 6.07) is 6.47. The number of phosphoric ester groups is 1. The molecule has 2 aliphatic heterocycles. The fourth-order valence-electron chi connectivity index (χ4n) is 2.75. The van der Waals surface area contributed by atoms with Crippen molar-refractivity contribution in [1.29, 1.82) is 0 Å².